The molecule has 0 aliphatic carbocycles. The van der Waals surface area contributed by atoms with E-state index in [4.69, 9.17) is 14.6 Å². The molecule has 82 valence electrons. The molecule has 0 saturated heterocycles. The Labute approximate surface area is 83.7 Å². The third kappa shape index (κ3) is 11.1. The Morgan fingerprint density at radius 3 is 2.86 bits per heavy atom. The van der Waals surface area contributed by atoms with Crippen LogP contribution in [0.15, 0.2) is 12.2 Å². The van der Waals surface area contributed by atoms with Gasteiger partial charge in [-0.25, -0.2) is 4.79 Å². The van der Waals surface area contributed by atoms with Crippen molar-refractivity contribution in [3.8, 4) is 0 Å². The molecule has 0 aromatic carbocycles. The zero-order valence-corrected chi connectivity index (χ0v) is 8.36. The maximum absolute atomic E-state index is 10.1. The van der Waals surface area contributed by atoms with Crippen LogP contribution in [-0.4, -0.2) is 51.1 Å². The van der Waals surface area contributed by atoms with E-state index in [0.29, 0.717) is 32.9 Å². The molecule has 0 aromatic heterocycles. The first kappa shape index (κ1) is 13.1. The highest BCUT2D eigenvalue weighted by atomic mass is 16.5. The summed E-state index contributed by atoms with van der Waals surface area (Å²) in [6.45, 7) is 3.03. The Hall–Kier alpha value is -0.910. The predicted octanol–water partition coefficient (Wildman–Crippen LogP) is -0.120. The van der Waals surface area contributed by atoms with Crippen LogP contribution in [0.3, 0.4) is 0 Å². The van der Waals surface area contributed by atoms with Gasteiger partial charge >= 0.3 is 5.97 Å². The maximum Gasteiger partial charge on any atom is 0.328 e. The Morgan fingerprint density at radius 1 is 1.43 bits per heavy atom. The van der Waals surface area contributed by atoms with E-state index >= 15 is 0 Å². The molecule has 0 amide bonds. The van der Waals surface area contributed by atoms with Gasteiger partial charge in [-0.3, -0.25) is 0 Å². The maximum atomic E-state index is 10.1. The second kappa shape index (κ2) is 10.2. The quantitative estimate of drug-likeness (QED) is 0.404. The number of carboxylic acids is 1. The van der Waals surface area contributed by atoms with Gasteiger partial charge in [0, 0.05) is 26.3 Å². The Morgan fingerprint density at radius 2 is 2.21 bits per heavy atom. The number of carboxylic acid groups (broad SMARTS) is 1. The molecule has 5 nitrogen and oxygen atoms in total. The Balaban J connectivity index is 3.02. The molecule has 0 aliphatic rings. The molecule has 0 aliphatic heterocycles. The lowest BCUT2D eigenvalue weighted by Crippen LogP contribution is -2.20. The summed E-state index contributed by atoms with van der Waals surface area (Å²) in [7, 11) is 1.62. The summed E-state index contributed by atoms with van der Waals surface area (Å²) in [6.07, 6.45) is 2.66. The molecule has 5 heteroatoms. The predicted molar refractivity (Wildman–Crippen MR) is 52.3 cm³/mol. The number of aliphatic carboxylic acids is 1. The van der Waals surface area contributed by atoms with E-state index in [9.17, 15) is 4.79 Å². The zero-order chi connectivity index (χ0) is 10.6. The summed E-state index contributed by atoms with van der Waals surface area (Å²) < 4.78 is 9.97. The van der Waals surface area contributed by atoms with Gasteiger partial charge in [-0.05, 0) is 0 Å². The van der Waals surface area contributed by atoms with Gasteiger partial charge in [0.2, 0.25) is 0 Å². The van der Waals surface area contributed by atoms with Gasteiger partial charge in [0.1, 0.15) is 0 Å². The zero-order valence-electron chi connectivity index (χ0n) is 8.36. The van der Waals surface area contributed by atoms with Crippen molar-refractivity contribution in [2.45, 2.75) is 0 Å². The number of ether oxygens (including phenoxy) is 2. The Kier molecular flexibility index (Phi) is 9.51. The van der Waals surface area contributed by atoms with Crippen molar-refractivity contribution in [3.63, 3.8) is 0 Å². The molecule has 0 rings (SSSR count). The van der Waals surface area contributed by atoms with E-state index < -0.39 is 5.97 Å². The van der Waals surface area contributed by atoms with Gasteiger partial charge in [-0.2, -0.15) is 0 Å². The van der Waals surface area contributed by atoms with Crippen molar-refractivity contribution in [2.24, 2.45) is 0 Å². The molecule has 14 heavy (non-hydrogen) atoms. The van der Waals surface area contributed by atoms with Crippen LogP contribution in [0.1, 0.15) is 0 Å². The summed E-state index contributed by atoms with van der Waals surface area (Å²) >= 11 is 0. The van der Waals surface area contributed by atoms with Crippen LogP contribution in [0.2, 0.25) is 0 Å². The lowest BCUT2D eigenvalue weighted by Gasteiger charge is -2.03. The largest absolute Gasteiger partial charge is 0.478 e. The van der Waals surface area contributed by atoms with Crippen LogP contribution in [0.25, 0.3) is 0 Å². The van der Waals surface area contributed by atoms with Crippen molar-refractivity contribution < 1.29 is 19.4 Å². The number of hydrogen-bond donors (Lipinski definition) is 2. The van der Waals surface area contributed by atoms with Crippen LogP contribution in [-0.2, 0) is 14.3 Å². The summed E-state index contributed by atoms with van der Waals surface area (Å²) in [5, 5.41) is 11.3. The fraction of sp³-hybridized carbons (Fsp3) is 0.667. The van der Waals surface area contributed by atoms with Gasteiger partial charge in [-0.1, -0.05) is 6.08 Å². The first-order valence-corrected chi connectivity index (χ1v) is 4.44. The SMILES string of the molecule is COCCOCCNC/C=C/C(=O)O. The lowest BCUT2D eigenvalue weighted by molar-refractivity contribution is -0.131. The molecule has 0 saturated carbocycles. The molecule has 0 heterocycles. The molecular formula is C9H17NO4. The van der Waals surface area contributed by atoms with Gasteiger partial charge in [0.25, 0.3) is 0 Å². The summed E-state index contributed by atoms with van der Waals surface area (Å²) in [6, 6.07) is 0. The van der Waals surface area contributed by atoms with E-state index in [1.807, 2.05) is 0 Å². The molecule has 0 radical (unpaired) electrons. The minimum atomic E-state index is -0.928. The van der Waals surface area contributed by atoms with E-state index in [2.05, 4.69) is 5.32 Å². The smallest absolute Gasteiger partial charge is 0.328 e. The van der Waals surface area contributed by atoms with E-state index in [0.717, 1.165) is 6.08 Å². The van der Waals surface area contributed by atoms with Crippen LogP contribution in [0, 0.1) is 0 Å². The number of nitrogens with one attached hydrogen (secondary N) is 1. The second-order valence-electron chi connectivity index (χ2n) is 2.55. The van der Waals surface area contributed by atoms with Crippen LogP contribution in [0.5, 0.6) is 0 Å². The lowest BCUT2D eigenvalue weighted by atomic mass is 10.5. The number of methoxy groups -OCH3 is 1. The topological polar surface area (TPSA) is 67.8 Å². The van der Waals surface area contributed by atoms with E-state index in [1.165, 1.54) is 0 Å². The average molecular weight is 203 g/mol. The fourth-order valence-electron chi connectivity index (χ4n) is 0.734. The standard InChI is InChI=1S/C9H17NO4/c1-13-7-8-14-6-5-10-4-2-3-9(11)12/h2-3,10H,4-8H2,1H3,(H,11,12)/b3-2+. The second-order valence-corrected chi connectivity index (χ2v) is 2.55. The van der Waals surface area contributed by atoms with Crippen LogP contribution < -0.4 is 5.32 Å². The molecule has 0 bridgehead atoms. The summed E-state index contributed by atoms with van der Waals surface area (Å²) in [5.74, 6) is -0.928. The number of rotatable bonds is 9. The average Bonchev–Trinajstić information content (AvgIpc) is 2.15. The van der Waals surface area contributed by atoms with Crippen LogP contribution >= 0.6 is 0 Å². The van der Waals surface area contributed by atoms with Gasteiger partial charge in [0.05, 0.1) is 19.8 Å². The van der Waals surface area contributed by atoms with Crippen molar-refractivity contribution >= 4 is 5.97 Å². The van der Waals surface area contributed by atoms with Crippen molar-refractivity contribution in [3.05, 3.63) is 12.2 Å². The van der Waals surface area contributed by atoms with Gasteiger partial charge < -0.3 is 19.9 Å². The Bertz CT molecular complexity index is 170. The molecule has 2 N–H and O–H groups in total. The number of carbonyl (C=O) groups is 1. The molecule has 0 spiro atoms. The first-order chi connectivity index (χ1) is 6.77. The van der Waals surface area contributed by atoms with Crippen molar-refractivity contribution in [1.82, 2.24) is 5.32 Å². The van der Waals surface area contributed by atoms with Gasteiger partial charge in [0.15, 0.2) is 0 Å². The molecule has 0 unspecified atom stereocenters. The minimum Gasteiger partial charge on any atom is -0.478 e. The van der Waals surface area contributed by atoms with E-state index in [-0.39, 0.29) is 0 Å². The third-order valence-electron chi connectivity index (χ3n) is 1.38. The fourth-order valence-corrected chi connectivity index (χ4v) is 0.734. The van der Waals surface area contributed by atoms with E-state index in [1.54, 1.807) is 13.2 Å². The van der Waals surface area contributed by atoms with Crippen molar-refractivity contribution in [1.29, 1.82) is 0 Å². The van der Waals surface area contributed by atoms with Crippen LogP contribution in [0.4, 0.5) is 0 Å². The molecule has 0 fully saturated rings. The highest BCUT2D eigenvalue weighted by Crippen LogP contribution is 1.75. The third-order valence-corrected chi connectivity index (χ3v) is 1.38. The molecule has 0 atom stereocenters. The number of hydrogen-bond acceptors (Lipinski definition) is 4. The normalized spacial score (nSPS) is 10.9. The highest BCUT2D eigenvalue weighted by molar-refractivity contribution is 5.79. The molecular weight excluding hydrogens is 186 g/mol. The summed E-state index contributed by atoms with van der Waals surface area (Å²) in [4.78, 5) is 10.1. The monoisotopic (exact) mass is 203 g/mol. The van der Waals surface area contributed by atoms with Crippen molar-refractivity contribution in [2.75, 3.05) is 40.0 Å². The summed E-state index contributed by atoms with van der Waals surface area (Å²) in [5.41, 5.74) is 0. The highest BCUT2D eigenvalue weighted by Gasteiger charge is 1.88. The molecule has 0 aromatic rings. The first-order valence-electron chi connectivity index (χ1n) is 4.44. The van der Waals surface area contributed by atoms with Gasteiger partial charge in [-0.15, -0.1) is 0 Å². The minimum absolute atomic E-state index is 0.542.